The van der Waals surface area contributed by atoms with Crippen molar-refractivity contribution in [3.05, 3.63) is 48.7 Å². The predicted molar refractivity (Wildman–Crippen MR) is 80.4 cm³/mol. The first kappa shape index (κ1) is 14.3. The highest BCUT2D eigenvalue weighted by Gasteiger charge is 2.26. The quantitative estimate of drug-likeness (QED) is 0.918. The van der Waals surface area contributed by atoms with Crippen molar-refractivity contribution in [1.82, 2.24) is 4.98 Å². The molecule has 1 aromatic carbocycles. The van der Waals surface area contributed by atoms with Gasteiger partial charge in [-0.2, -0.15) is 0 Å². The summed E-state index contributed by atoms with van der Waals surface area (Å²) in [4.78, 5) is 4.23. The molecule has 1 heterocycles. The zero-order valence-electron chi connectivity index (χ0n) is 11.4. The first-order chi connectivity index (χ1) is 9.61. The minimum absolute atomic E-state index is 0.174. The highest BCUT2D eigenvalue weighted by molar-refractivity contribution is 7.93. The maximum atomic E-state index is 12.8. The van der Waals surface area contributed by atoms with Crippen LogP contribution in [0.2, 0.25) is 0 Å². The van der Waals surface area contributed by atoms with Crippen molar-refractivity contribution < 1.29 is 8.42 Å². The number of para-hydroxylation sites is 1. The van der Waals surface area contributed by atoms with Crippen molar-refractivity contribution in [2.24, 2.45) is 0 Å². The van der Waals surface area contributed by atoms with Gasteiger partial charge in [-0.15, -0.1) is 0 Å². The summed E-state index contributed by atoms with van der Waals surface area (Å²) >= 11 is 0. The summed E-state index contributed by atoms with van der Waals surface area (Å²) in [7, 11) is -1.99. The first-order valence-electron chi connectivity index (χ1n) is 6.31. The van der Waals surface area contributed by atoms with Crippen molar-refractivity contribution in [2.45, 2.75) is 11.8 Å². The molecule has 6 heteroatoms. The SMILES string of the molecule is CCN(c1ccccc1)S(=O)(=O)c1cccnc1NC. The van der Waals surface area contributed by atoms with E-state index in [0.717, 1.165) is 0 Å². The van der Waals surface area contributed by atoms with Crippen LogP contribution >= 0.6 is 0 Å². The van der Waals surface area contributed by atoms with Crippen molar-refractivity contribution in [3.63, 3.8) is 0 Å². The summed E-state index contributed by atoms with van der Waals surface area (Å²) in [5.74, 6) is 0.349. The lowest BCUT2D eigenvalue weighted by molar-refractivity contribution is 0.592. The van der Waals surface area contributed by atoms with E-state index in [1.54, 1.807) is 44.4 Å². The molecular formula is C14H17N3O2S. The normalized spacial score (nSPS) is 11.1. The van der Waals surface area contributed by atoms with Gasteiger partial charge in [-0.25, -0.2) is 13.4 Å². The summed E-state index contributed by atoms with van der Waals surface area (Å²) in [5.41, 5.74) is 0.640. The number of pyridine rings is 1. The number of aromatic nitrogens is 1. The van der Waals surface area contributed by atoms with Crippen LogP contribution in [0.15, 0.2) is 53.6 Å². The largest absolute Gasteiger partial charge is 0.372 e. The van der Waals surface area contributed by atoms with Gasteiger partial charge in [0.15, 0.2) is 0 Å². The fourth-order valence-electron chi connectivity index (χ4n) is 1.99. The molecule has 0 fully saturated rings. The summed E-state index contributed by atoms with van der Waals surface area (Å²) in [6.07, 6.45) is 1.56. The number of hydrogen-bond donors (Lipinski definition) is 1. The molecule has 0 radical (unpaired) electrons. The number of rotatable bonds is 5. The van der Waals surface area contributed by atoms with Gasteiger partial charge in [-0.05, 0) is 31.2 Å². The van der Waals surface area contributed by atoms with Gasteiger partial charge in [0.25, 0.3) is 10.0 Å². The summed E-state index contributed by atoms with van der Waals surface area (Å²) in [6, 6.07) is 12.2. The van der Waals surface area contributed by atoms with Gasteiger partial charge in [0.05, 0.1) is 5.69 Å². The molecule has 0 amide bonds. The number of hydrogen-bond acceptors (Lipinski definition) is 4. The summed E-state index contributed by atoms with van der Waals surface area (Å²) < 4.78 is 26.9. The van der Waals surface area contributed by atoms with Crippen LogP contribution in [0.5, 0.6) is 0 Å². The molecule has 5 nitrogen and oxygen atoms in total. The van der Waals surface area contributed by atoms with Gasteiger partial charge in [0.1, 0.15) is 10.7 Å². The van der Waals surface area contributed by atoms with E-state index in [9.17, 15) is 8.42 Å². The summed E-state index contributed by atoms with van der Waals surface area (Å²) in [6.45, 7) is 2.16. The third kappa shape index (κ3) is 2.60. The molecule has 106 valence electrons. The van der Waals surface area contributed by atoms with Crippen LogP contribution in [-0.4, -0.2) is 27.0 Å². The van der Waals surface area contributed by atoms with Crippen LogP contribution in [0.1, 0.15) is 6.92 Å². The average Bonchev–Trinajstić information content (AvgIpc) is 2.48. The van der Waals surface area contributed by atoms with Crippen LogP contribution in [-0.2, 0) is 10.0 Å². The molecule has 0 aliphatic heterocycles. The number of benzene rings is 1. The van der Waals surface area contributed by atoms with Crippen molar-refractivity contribution in [1.29, 1.82) is 0 Å². The Morgan fingerprint density at radius 1 is 1.15 bits per heavy atom. The Bertz CT molecular complexity index is 672. The van der Waals surface area contributed by atoms with E-state index in [4.69, 9.17) is 0 Å². The van der Waals surface area contributed by atoms with E-state index in [-0.39, 0.29) is 4.90 Å². The Labute approximate surface area is 119 Å². The molecule has 0 saturated carbocycles. The topological polar surface area (TPSA) is 62.3 Å². The Kier molecular flexibility index (Phi) is 4.24. The zero-order chi connectivity index (χ0) is 14.6. The monoisotopic (exact) mass is 291 g/mol. The van der Waals surface area contributed by atoms with E-state index in [1.807, 2.05) is 18.2 Å². The number of sulfonamides is 1. The minimum atomic E-state index is -3.64. The van der Waals surface area contributed by atoms with Gasteiger partial charge >= 0.3 is 0 Å². The third-order valence-electron chi connectivity index (χ3n) is 2.91. The predicted octanol–water partition coefficient (Wildman–Crippen LogP) is 2.34. The van der Waals surface area contributed by atoms with E-state index >= 15 is 0 Å². The van der Waals surface area contributed by atoms with Gasteiger partial charge in [-0.3, -0.25) is 4.31 Å². The second kappa shape index (κ2) is 5.92. The molecule has 0 bridgehead atoms. The lowest BCUT2D eigenvalue weighted by Gasteiger charge is -2.23. The number of nitrogens with one attached hydrogen (secondary N) is 1. The van der Waals surface area contributed by atoms with E-state index in [1.165, 1.54) is 4.31 Å². The van der Waals surface area contributed by atoms with Crippen molar-refractivity contribution in [3.8, 4) is 0 Å². The molecule has 0 aliphatic carbocycles. The van der Waals surface area contributed by atoms with Gasteiger partial charge < -0.3 is 5.32 Å². The smallest absolute Gasteiger partial charge is 0.267 e. The molecule has 0 saturated heterocycles. The summed E-state index contributed by atoms with van der Waals surface area (Å²) in [5, 5.41) is 2.82. The van der Waals surface area contributed by atoms with Gasteiger partial charge in [0.2, 0.25) is 0 Å². The third-order valence-corrected chi connectivity index (χ3v) is 4.84. The van der Waals surface area contributed by atoms with Gasteiger partial charge in [0, 0.05) is 19.8 Å². The van der Waals surface area contributed by atoms with Crippen LogP contribution < -0.4 is 9.62 Å². The number of anilines is 2. The molecular weight excluding hydrogens is 274 g/mol. The number of nitrogens with zero attached hydrogens (tertiary/aromatic N) is 2. The van der Waals surface area contributed by atoms with E-state index in [0.29, 0.717) is 18.1 Å². The standard InChI is InChI=1S/C14H17N3O2S/c1-3-17(12-8-5-4-6-9-12)20(18,19)13-10-7-11-16-14(13)15-2/h4-11H,3H2,1-2H3,(H,15,16). The molecule has 0 aliphatic rings. The van der Waals surface area contributed by atoms with Crippen LogP contribution in [0.25, 0.3) is 0 Å². The maximum absolute atomic E-state index is 12.8. The Hall–Kier alpha value is -2.08. The molecule has 20 heavy (non-hydrogen) atoms. The Morgan fingerprint density at radius 3 is 2.45 bits per heavy atom. The van der Waals surface area contributed by atoms with Gasteiger partial charge in [-0.1, -0.05) is 18.2 Å². The second-order valence-electron chi connectivity index (χ2n) is 4.11. The Balaban J connectivity index is 2.53. The fraction of sp³-hybridized carbons (Fsp3) is 0.214. The molecule has 1 N–H and O–H groups in total. The lowest BCUT2D eigenvalue weighted by atomic mass is 10.3. The molecule has 2 rings (SSSR count). The van der Waals surface area contributed by atoms with E-state index < -0.39 is 10.0 Å². The Morgan fingerprint density at radius 2 is 1.85 bits per heavy atom. The molecule has 0 atom stereocenters. The molecule has 0 spiro atoms. The molecule has 2 aromatic rings. The zero-order valence-corrected chi connectivity index (χ0v) is 12.3. The van der Waals surface area contributed by atoms with Crippen molar-refractivity contribution >= 4 is 21.5 Å². The van der Waals surface area contributed by atoms with Crippen LogP contribution in [0.3, 0.4) is 0 Å². The second-order valence-corrected chi connectivity index (χ2v) is 5.94. The minimum Gasteiger partial charge on any atom is -0.372 e. The first-order valence-corrected chi connectivity index (χ1v) is 7.75. The highest BCUT2D eigenvalue weighted by atomic mass is 32.2. The maximum Gasteiger partial charge on any atom is 0.267 e. The average molecular weight is 291 g/mol. The molecule has 1 aromatic heterocycles. The van der Waals surface area contributed by atoms with Crippen LogP contribution in [0.4, 0.5) is 11.5 Å². The van der Waals surface area contributed by atoms with Crippen molar-refractivity contribution in [2.75, 3.05) is 23.2 Å². The lowest BCUT2D eigenvalue weighted by Crippen LogP contribution is -2.31. The van der Waals surface area contributed by atoms with Crippen LogP contribution in [0, 0.1) is 0 Å². The fourth-order valence-corrected chi connectivity index (χ4v) is 3.62. The highest BCUT2D eigenvalue weighted by Crippen LogP contribution is 2.26. The molecule has 0 unspecified atom stereocenters. The van der Waals surface area contributed by atoms with E-state index in [2.05, 4.69) is 10.3 Å².